The van der Waals surface area contributed by atoms with Crippen molar-refractivity contribution in [1.82, 2.24) is 0 Å². The van der Waals surface area contributed by atoms with E-state index in [0.29, 0.717) is 0 Å². The molecule has 0 amide bonds. The molecule has 0 radical (unpaired) electrons. The number of benzene rings is 2. The van der Waals surface area contributed by atoms with Crippen molar-refractivity contribution in [2.45, 2.75) is 51.4 Å². The van der Waals surface area contributed by atoms with Crippen molar-refractivity contribution in [2.75, 3.05) is 14.2 Å². The third-order valence-electron chi connectivity index (χ3n) is 5.10. The summed E-state index contributed by atoms with van der Waals surface area (Å²) >= 11 is 0. The highest BCUT2D eigenvalue weighted by Gasteiger charge is 2.27. The molecule has 0 bridgehead atoms. The van der Waals surface area contributed by atoms with Crippen LogP contribution in [0.4, 0.5) is 0 Å². The van der Waals surface area contributed by atoms with E-state index in [9.17, 15) is 0 Å². The van der Waals surface area contributed by atoms with Crippen LogP contribution in [0.2, 0.25) is 0 Å². The zero-order chi connectivity index (χ0) is 17.8. The molecule has 0 saturated carbocycles. The third-order valence-corrected chi connectivity index (χ3v) is 5.10. The van der Waals surface area contributed by atoms with Gasteiger partial charge in [0.2, 0.25) is 0 Å². The molecule has 0 aliphatic carbocycles. The van der Waals surface area contributed by atoms with Gasteiger partial charge < -0.3 is 9.47 Å². The van der Waals surface area contributed by atoms with E-state index in [1.54, 1.807) is 14.2 Å². The molecule has 0 saturated heterocycles. The highest BCUT2D eigenvalue weighted by molar-refractivity contribution is 5.34. The number of hydrogen-bond acceptors (Lipinski definition) is 2. The van der Waals surface area contributed by atoms with Gasteiger partial charge in [-0.05, 0) is 59.1 Å². The van der Waals surface area contributed by atoms with Crippen molar-refractivity contribution in [3.63, 3.8) is 0 Å². The summed E-state index contributed by atoms with van der Waals surface area (Å²) in [6, 6.07) is 16.9. The summed E-state index contributed by atoms with van der Waals surface area (Å²) in [6.07, 6.45) is 2.22. The second kappa shape index (κ2) is 7.29. The van der Waals surface area contributed by atoms with Gasteiger partial charge in [0.15, 0.2) is 0 Å². The summed E-state index contributed by atoms with van der Waals surface area (Å²) in [4.78, 5) is 0. The highest BCUT2D eigenvalue weighted by Crippen LogP contribution is 2.37. The second-order valence-corrected chi connectivity index (χ2v) is 7.73. The molecule has 130 valence electrons. The molecule has 2 heteroatoms. The Morgan fingerprint density at radius 1 is 0.667 bits per heavy atom. The van der Waals surface area contributed by atoms with E-state index >= 15 is 0 Å². The van der Waals surface area contributed by atoms with Crippen LogP contribution >= 0.6 is 0 Å². The third kappa shape index (κ3) is 4.31. The first-order chi connectivity index (χ1) is 11.3. The molecule has 2 aromatic rings. The van der Waals surface area contributed by atoms with E-state index in [2.05, 4.69) is 58.0 Å². The average Bonchev–Trinajstić information content (AvgIpc) is 2.60. The minimum atomic E-state index is 0.109. The molecule has 0 aromatic heterocycles. The van der Waals surface area contributed by atoms with E-state index in [0.717, 1.165) is 24.3 Å². The quantitative estimate of drug-likeness (QED) is 0.646. The maximum Gasteiger partial charge on any atom is 0.119 e. The zero-order valence-electron chi connectivity index (χ0n) is 15.8. The molecule has 0 aliphatic rings. The fraction of sp³-hybridized carbons (Fsp3) is 0.455. The highest BCUT2D eigenvalue weighted by atomic mass is 16.5. The maximum atomic E-state index is 5.37. The summed E-state index contributed by atoms with van der Waals surface area (Å²) in [5.41, 5.74) is 2.91. The fourth-order valence-electron chi connectivity index (χ4n) is 3.00. The summed E-state index contributed by atoms with van der Waals surface area (Å²) in [5.74, 6) is 1.83. The lowest BCUT2D eigenvalue weighted by Crippen LogP contribution is -2.24. The van der Waals surface area contributed by atoms with Crippen LogP contribution in [0.1, 0.15) is 51.7 Å². The molecule has 0 spiro atoms. The second-order valence-electron chi connectivity index (χ2n) is 7.73. The Hall–Kier alpha value is -1.96. The Labute approximate surface area is 146 Å². The lowest BCUT2D eigenvalue weighted by molar-refractivity contribution is 0.370. The van der Waals surface area contributed by atoms with Gasteiger partial charge in [-0.3, -0.25) is 0 Å². The van der Waals surface area contributed by atoms with Crippen LogP contribution in [0.3, 0.4) is 0 Å². The Morgan fingerprint density at radius 2 is 1.21 bits per heavy atom. The summed E-state index contributed by atoms with van der Waals surface area (Å²) in [5, 5.41) is 0. The number of ether oxygens (including phenoxy) is 2. The van der Waals surface area contributed by atoms with Crippen LogP contribution in [0.5, 0.6) is 11.5 Å². The predicted octanol–water partition coefficient (Wildman–Crippen LogP) is 5.74. The van der Waals surface area contributed by atoms with Crippen molar-refractivity contribution in [3.8, 4) is 11.5 Å². The molecule has 0 atom stereocenters. The monoisotopic (exact) mass is 326 g/mol. The van der Waals surface area contributed by atoms with Gasteiger partial charge >= 0.3 is 0 Å². The first-order valence-corrected chi connectivity index (χ1v) is 8.57. The van der Waals surface area contributed by atoms with Gasteiger partial charge in [0.1, 0.15) is 11.5 Å². The van der Waals surface area contributed by atoms with Crippen molar-refractivity contribution in [3.05, 3.63) is 59.7 Å². The zero-order valence-corrected chi connectivity index (χ0v) is 15.8. The fourth-order valence-corrected chi connectivity index (χ4v) is 3.00. The first kappa shape index (κ1) is 18.4. The Morgan fingerprint density at radius 3 is 1.75 bits per heavy atom. The lowest BCUT2D eigenvalue weighted by atomic mass is 9.73. The van der Waals surface area contributed by atoms with Crippen molar-refractivity contribution >= 4 is 0 Å². The van der Waals surface area contributed by atoms with Crippen LogP contribution in [-0.2, 0) is 10.8 Å². The van der Waals surface area contributed by atoms with Crippen LogP contribution in [0.15, 0.2) is 48.5 Å². The van der Waals surface area contributed by atoms with Crippen molar-refractivity contribution in [1.29, 1.82) is 0 Å². The van der Waals surface area contributed by atoms with Crippen LogP contribution < -0.4 is 9.47 Å². The van der Waals surface area contributed by atoms with Gasteiger partial charge in [0.05, 0.1) is 14.2 Å². The Balaban J connectivity index is 2.11. The van der Waals surface area contributed by atoms with Gasteiger partial charge in [-0.2, -0.15) is 0 Å². The van der Waals surface area contributed by atoms with Gasteiger partial charge in [0, 0.05) is 0 Å². The molecule has 0 unspecified atom stereocenters. The van der Waals surface area contributed by atoms with E-state index in [1.165, 1.54) is 11.1 Å². The molecular weight excluding hydrogens is 296 g/mol. The number of rotatable bonds is 7. The number of hydrogen-bond donors (Lipinski definition) is 0. The molecule has 0 N–H and O–H groups in total. The largest absolute Gasteiger partial charge is 0.497 e. The number of methoxy groups -OCH3 is 2. The van der Waals surface area contributed by atoms with E-state index in [4.69, 9.17) is 9.47 Å². The summed E-state index contributed by atoms with van der Waals surface area (Å²) < 4.78 is 10.6. The van der Waals surface area contributed by atoms with Crippen LogP contribution in [0, 0.1) is 0 Å². The van der Waals surface area contributed by atoms with Gasteiger partial charge in [0.25, 0.3) is 0 Å². The smallest absolute Gasteiger partial charge is 0.119 e. The molecule has 0 fully saturated rings. The van der Waals surface area contributed by atoms with Gasteiger partial charge in [-0.1, -0.05) is 52.0 Å². The van der Waals surface area contributed by atoms with Crippen molar-refractivity contribution in [2.24, 2.45) is 0 Å². The molecular formula is C22H30O2. The standard InChI is InChI=1S/C22H30O2/c1-21(2,17-10-12-19(23-5)13-11-17)14-15-22(3,4)18-8-7-9-20(16-18)24-6/h7-13,16H,14-15H2,1-6H3. The Kier molecular flexibility index (Phi) is 5.58. The molecule has 2 nitrogen and oxygen atoms in total. The predicted molar refractivity (Wildman–Crippen MR) is 101 cm³/mol. The van der Waals surface area contributed by atoms with Gasteiger partial charge in [-0.25, -0.2) is 0 Å². The van der Waals surface area contributed by atoms with E-state index in [-0.39, 0.29) is 10.8 Å². The summed E-state index contributed by atoms with van der Waals surface area (Å²) in [7, 11) is 3.43. The van der Waals surface area contributed by atoms with Gasteiger partial charge in [-0.15, -0.1) is 0 Å². The Bertz CT molecular complexity index is 654. The molecule has 0 heterocycles. The van der Waals surface area contributed by atoms with Crippen LogP contribution in [-0.4, -0.2) is 14.2 Å². The van der Waals surface area contributed by atoms with E-state index in [1.807, 2.05) is 18.2 Å². The molecule has 0 aliphatic heterocycles. The average molecular weight is 326 g/mol. The maximum absolute atomic E-state index is 5.37. The minimum Gasteiger partial charge on any atom is -0.497 e. The summed E-state index contributed by atoms with van der Waals surface area (Å²) in [6.45, 7) is 9.25. The molecule has 24 heavy (non-hydrogen) atoms. The first-order valence-electron chi connectivity index (χ1n) is 8.57. The molecule has 2 aromatic carbocycles. The molecule has 2 rings (SSSR count). The van der Waals surface area contributed by atoms with Crippen molar-refractivity contribution < 1.29 is 9.47 Å². The van der Waals surface area contributed by atoms with Crippen LogP contribution in [0.25, 0.3) is 0 Å². The normalized spacial score (nSPS) is 12.1. The minimum absolute atomic E-state index is 0.109. The SMILES string of the molecule is COc1ccc(C(C)(C)CCC(C)(C)c2cccc(OC)c2)cc1. The lowest BCUT2D eigenvalue weighted by Gasteiger charge is -2.32. The topological polar surface area (TPSA) is 18.5 Å². The van der Waals surface area contributed by atoms with E-state index < -0.39 is 0 Å².